The zero-order valence-electron chi connectivity index (χ0n) is 10.9. The SMILES string of the molecule is O=C1OC(=O)c2cc(S(=O)(=O)O)cc3c(S(=O)(=O)O)ccc1c23. The van der Waals surface area contributed by atoms with Gasteiger partial charge in [-0.05, 0) is 24.3 Å². The Morgan fingerprint density at radius 3 is 2.00 bits per heavy atom. The maximum absolute atomic E-state index is 11.8. The first-order valence-corrected chi connectivity index (χ1v) is 8.70. The van der Waals surface area contributed by atoms with E-state index in [2.05, 4.69) is 4.74 Å². The number of ether oxygens (including phenoxy) is 1. The number of esters is 2. The number of rotatable bonds is 2. The summed E-state index contributed by atoms with van der Waals surface area (Å²) in [6, 6.07) is 3.38. The standard InChI is InChI=1S/C12H6O9S2/c13-11-6-1-2-9(23(18,19)20)7-3-5(22(15,16)17)4-8(10(6)7)12(14)21-11/h1-4H,(H,15,16,17)(H,18,19,20). The minimum atomic E-state index is -4.78. The van der Waals surface area contributed by atoms with E-state index < -0.39 is 52.9 Å². The summed E-state index contributed by atoms with van der Waals surface area (Å²) in [6.07, 6.45) is 0. The summed E-state index contributed by atoms with van der Waals surface area (Å²) >= 11 is 0. The molecule has 11 heteroatoms. The van der Waals surface area contributed by atoms with Gasteiger partial charge in [0.25, 0.3) is 20.2 Å². The summed E-state index contributed by atoms with van der Waals surface area (Å²) in [4.78, 5) is 22.0. The summed E-state index contributed by atoms with van der Waals surface area (Å²) in [7, 11) is -9.57. The van der Waals surface area contributed by atoms with Gasteiger partial charge >= 0.3 is 11.9 Å². The lowest BCUT2D eigenvalue weighted by Gasteiger charge is -2.17. The van der Waals surface area contributed by atoms with Crippen LogP contribution in [0.5, 0.6) is 0 Å². The number of hydrogen-bond donors (Lipinski definition) is 2. The molecule has 0 amide bonds. The number of carbonyl (C=O) groups excluding carboxylic acids is 2. The van der Waals surface area contributed by atoms with Gasteiger partial charge in [-0.3, -0.25) is 9.11 Å². The minimum absolute atomic E-state index is 0.177. The van der Waals surface area contributed by atoms with Crippen LogP contribution in [0.15, 0.2) is 34.1 Å². The van der Waals surface area contributed by atoms with Crippen molar-refractivity contribution in [1.82, 2.24) is 0 Å². The van der Waals surface area contributed by atoms with Crippen LogP contribution >= 0.6 is 0 Å². The largest absolute Gasteiger partial charge is 0.386 e. The Labute approximate surface area is 129 Å². The molecule has 1 aliphatic heterocycles. The van der Waals surface area contributed by atoms with E-state index in [1.165, 1.54) is 0 Å². The zero-order chi connectivity index (χ0) is 17.2. The summed E-state index contributed by atoms with van der Waals surface area (Å²) in [6.45, 7) is 0. The molecule has 2 N–H and O–H groups in total. The monoisotopic (exact) mass is 358 g/mol. The molecule has 1 aliphatic rings. The maximum Gasteiger partial charge on any atom is 0.346 e. The van der Waals surface area contributed by atoms with Gasteiger partial charge < -0.3 is 4.74 Å². The molecule has 9 nitrogen and oxygen atoms in total. The van der Waals surface area contributed by atoms with E-state index in [9.17, 15) is 31.0 Å². The van der Waals surface area contributed by atoms with E-state index in [1.54, 1.807) is 0 Å². The normalized spacial score (nSPS) is 14.9. The van der Waals surface area contributed by atoms with E-state index in [0.717, 1.165) is 24.3 Å². The second-order valence-electron chi connectivity index (χ2n) is 4.63. The predicted octanol–water partition coefficient (Wildman–Crippen LogP) is 0.644. The van der Waals surface area contributed by atoms with E-state index in [1.807, 2.05) is 0 Å². The van der Waals surface area contributed by atoms with Crippen LogP contribution in [0.25, 0.3) is 10.8 Å². The second kappa shape index (κ2) is 4.58. The van der Waals surface area contributed by atoms with Gasteiger partial charge in [-0.15, -0.1) is 0 Å². The van der Waals surface area contributed by atoms with Crippen LogP contribution in [-0.2, 0) is 25.0 Å². The van der Waals surface area contributed by atoms with Crippen molar-refractivity contribution < 1.29 is 40.3 Å². The maximum atomic E-state index is 11.8. The van der Waals surface area contributed by atoms with Crippen molar-refractivity contribution in [3.05, 3.63) is 35.4 Å². The predicted molar refractivity (Wildman–Crippen MR) is 73.3 cm³/mol. The number of hydrogen-bond acceptors (Lipinski definition) is 7. The molecule has 0 aliphatic carbocycles. The molecule has 2 aromatic rings. The highest BCUT2D eigenvalue weighted by Crippen LogP contribution is 2.35. The summed E-state index contributed by atoms with van der Waals surface area (Å²) in [5.41, 5.74) is -0.598. The van der Waals surface area contributed by atoms with Crippen molar-refractivity contribution >= 4 is 42.9 Å². The fourth-order valence-electron chi connectivity index (χ4n) is 2.33. The van der Waals surface area contributed by atoms with Crippen molar-refractivity contribution in [2.45, 2.75) is 9.79 Å². The highest BCUT2D eigenvalue weighted by atomic mass is 32.2. The molecule has 0 radical (unpaired) electrons. The van der Waals surface area contributed by atoms with Crippen molar-refractivity contribution in [1.29, 1.82) is 0 Å². The van der Waals surface area contributed by atoms with E-state index in [-0.39, 0.29) is 10.9 Å². The number of carbonyl (C=O) groups is 2. The van der Waals surface area contributed by atoms with Crippen LogP contribution in [0.4, 0.5) is 0 Å². The summed E-state index contributed by atoms with van der Waals surface area (Å²) < 4.78 is 68.3. The smallest absolute Gasteiger partial charge is 0.346 e. The number of benzene rings is 2. The summed E-state index contributed by atoms with van der Waals surface area (Å²) in [5, 5.41) is -0.589. The third kappa shape index (κ3) is 2.39. The Morgan fingerprint density at radius 1 is 0.826 bits per heavy atom. The van der Waals surface area contributed by atoms with E-state index in [0.29, 0.717) is 0 Å². The van der Waals surface area contributed by atoms with E-state index in [4.69, 9.17) is 4.55 Å². The van der Waals surface area contributed by atoms with Crippen molar-refractivity contribution in [3.63, 3.8) is 0 Å². The Morgan fingerprint density at radius 2 is 1.43 bits per heavy atom. The fourth-order valence-corrected chi connectivity index (χ4v) is 3.54. The van der Waals surface area contributed by atoms with Crippen LogP contribution in [-0.4, -0.2) is 37.9 Å². The molecule has 0 saturated heterocycles. The summed E-state index contributed by atoms with van der Waals surface area (Å²) in [5.74, 6) is -2.25. The molecule has 0 saturated carbocycles. The topological polar surface area (TPSA) is 152 Å². The lowest BCUT2D eigenvalue weighted by Crippen LogP contribution is -2.21. The fraction of sp³-hybridized carbons (Fsp3) is 0. The molecule has 0 fully saturated rings. The Balaban J connectivity index is 2.62. The van der Waals surface area contributed by atoms with Crippen molar-refractivity contribution in [2.24, 2.45) is 0 Å². The van der Waals surface area contributed by atoms with Gasteiger partial charge in [0.05, 0.1) is 16.0 Å². The molecule has 3 rings (SSSR count). The van der Waals surface area contributed by atoms with Crippen LogP contribution in [0.3, 0.4) is 0 Å². The molecule has 0 spiro atoms. The van der Waals surface area contributed by atoms with Crippen LogP contribution < -0.4 is 0 Å². The van der Waals surface area contributed by atoms with Gasteiger partial charge in [0.1, 0.15) is 4.90 Å². The van der Waals surface area contributed by atoms with Gasteiger partial charge in [0.2, 0.25) is 0 Å². The quantitative estimate of drug-likeness (QED) is 0.447. The highest BCUT2D eigenvalue weighted by Gasteiger charge is 2.32. The van der Waals surface area contributed by atoms with Crippen LogP contribution in [0.1, 0.15) is 20.7 Å². The molecule has 0 unspecified atom stereocenters. The van der Waals surface area contributed by atoms with Crippen molar-refractivity contribution in [2.75, 3.05) is 0 Å². The Hall–Kier alpha value is -2.34. The molecular weight excluding hydrogens is 352 g/mol. The lowest BCUT2D eigenvalue weighted by atomic mass is 9.97. The van der Waals surface area contributed by atoms with Crippen LogP contribution in [0.2, 0.25) is 0 Å². The van der Waals surface area contributed by atoms with Crippen molar-refractivity contribution in [3.8, 4) is 0 Å². The average Bonchev–Trinajstić information content (AvgIpc) is 2.41. The third-order valence-electron chi connectivity index (χ3n) is 3.25. The highest BCUT2D eigenvalue weighted by molar-refractivity contribution is 7.86. The van der Waals surface area contributed by atoms with Gasteiger partial charge in [-0.1, -0.05) is 0 Å². The van der Waals surface area contributed by atoms with Gasteiger partial charge in [-0.2, -0.15) is 16.8 Å². The average molecular weight is 358 g/mol. The first-order valence-electron chi connectivity index (χ1n) is 5.82. The lowest BCUT2D eigenvalue weighted by molar-refractivity contribution is 0.0391. The van der Waals surface area contributed by atoms with Gasteiger partial charge in [0.15, 0.2) is 0 Å². The van der Waals surface area contributed by atoms with Gasteiger partial charge in [-0.25, -0.2) is 9.59 Å². The Kier molecular flexibility index (Phi) is 3.10. The molecular formula is C12H6O9S2. The molecule has 23 heavy (non-hydrogen) atoms. The second-order valence-corrected chi connectivity index (χ2v) is 7.44. The first-order chi connectivity index (χ1) is 10.5. The van der Waals surface area contributed by atoms with Crippen LogP contribution in [0, 0.1) is 0 Å². The molecule has 120 valence electrons. The molecule has 2 aromatic carbocycles. The third-order valence-corrected chi connectivity index (χ3v) is 4.99. The Bertz CT molecular complexity index is 1110. The number of cyclic esters (lactones) is 2. The minimum Gasteiger partial charge on any atom is -0.386 e. The zero-order valence-corrected chi connectivity index (χ0v) is 12.5. The molecule has 0 bridgehead atoms. The molecule has 0 atom stereocenters. The first kappa shape index (κ1) is 15.6. The molecule has 1 heterocycles. The van der Waals surface area contributed by atoms with Gasteiger partial charge in [0, 0.05) is 10.8 Å². The molecule has 0 aromatic heterocycles. The van der Waals surface area contributed by atoms with E-state index >= 15 is 0 Å².